The van der Waals surface area contributed by atoms with Crippen molar-refractivity contribution in [3.63, 3.8) is 0 Å². The largest absolute Gasteiger partial charge is 0.466 e. The van der Waals surface area contributed by atoms with Gasteiger partial charge in [0.25, 0.3) is 0 Å². The highest BCUT2D eigenvalue weighted by atomic mass is 16.5. The minimum absolute atomic E-state index is 0.0298. The maximum Gasteiger partial charge on any atom is 0.355 e. The van der Waals surface area contributed by atoms with E-state index in [-0.39, 0.29) is 50.7 Å². The summed E-state index contributed by atoms with van der Waals surface area (Å²) in [5.74, 6) is -2.84. The molecule has 0 saturated carbocycles. The van der Waals surface area contributed by atoms with Crippen molar-refractivity contribution in [1.29, 1.82) is 0 Å². The second kappa shape index (κ2) is 17.2. The van der Waals surface area contributed by atoms with Crippen LogP contribution in [-0.2, 0) is 54.6 Å². The number of aromatic nitrogens is 2. The van der Waals surface area contributed by atoms with Gasteiger partial charge in [0.1, 0.15) is 24.6 Å². The van der Waals surface area contributed by atoms with E-state index in [1.807, 2.05) is 97.9 Å². The summed E-state index contributed by atoms with van der Waals surface area (Å²) in [5.41, 5.74) is 6.00. The lowest BCUT2D eigenvalue weighted by atomic mass is 9.86. The predicted molar refractivity (Wildman–Crippen MR) is 190 cm³/mol. The standard InChI is InChI=1S/C41H42N2O8/c1-5-48-33(44)22-31-27(4)37(40(46)50-24-28-16-10-7-11-17-28)43-38(31)35(30-20-14-9-15-21-30)36-26(3)32(23-34(45)49-6-2)39(42-36)41(47)51-25-29-18-12-8-13-19-29/h7-21,35,42-43H,5-6,22-25H2,1-4H3. The number of benzene rings is 3. The zero-order valence-electron chi connectivity index (χ0n) is 29.2. The van der Waals surface area contributed by atoms with Gasteiger partial charge in [0, 0.05) is 11.4 Å². The molecule has 264 valence electrons. The summed E-state index contributed by atoms with van der Waals surface area (Å²) in [6.07, 6.45) is -0.299. The third-order valence-electron chi connectivity index (χ3n) is 8.63. The van der Waals surface area contributed by atoms with E-state index in [4.69, 9.17) is 18.9 Å². The van der Waals surface area contributed by atoms with Crippen LogP contribution >= 0.6 is 0 Å². The molecular formula is C41H42N2O8. The summed E-state index contributed by atoms with van der Waals surface area (Å²) in [4.78, 5) is 59.8. The van der Waals surface area contributed by atoms with Crippen molar-refractivity contribution >= 4 is 23.9 Å². The molecule has 5 rings (SSSR count). The Bertz CT molecular complexity index is 1960. The van der Waals surface area contributed by atoms with Crippen molar-refractivity contribution < 1.29 is 38.1 Å². The van der Waals surface area contributed by atoms with Crippen molar-refractivity contribution in [3.8, 4) is 0 Å². The molecule has 0 aliphatic rings. The molecule has 51 heavy (non-hydrogen) atoms. The lowest BCUT2D eigenvalue weighted by Crippen LogP contribution is -2.13. The van der Waals surface area contributed by atoms with Crippen molar-refractivity contribution in [2.75, 3.05) is 13.2 Å². The van der Waals surface area contributed by atoms with Crippen LogP contribution in [0, 0.1) is 13.8 Å². The first-order valence-electron chi connectivity index (χ1n) is 16.9. The van der Waals surface area contributed by atoms with Crippen LogP contribution in [0.1, 0.15) is 91.1 Å². The van der Waals surface area contributed by atoms with Gasteiger partial charge in [-0.3, -0.25) is 9.59 Å². The Hall–Kier alpha value is -5.90. The lowest BCUT2D eigenvalue weighted by Gasteiger charge is -2.19. The SMILES string of the molecule is CCOC(=O)Cc1c(C(=O)OCc2ccccc2)[nH]c(C(c2ccccc2)c2[nH]c(C(=O)OCc3ccccc3)c(C)c2CC(=O)OCC)c1C. The smallest absolute Gasteiger partial charge is 0.355 e. The van der Waals surface area contributed by atoms with Gasteiger partial charge in [-0.15, -0.1) is 0 Å². The Morgan fingerprint density at radius 2 is 1.00 bits per heavy atom. The van der Waals surface area contributed by atoms with Crippen molar-refractivity contribution in [2.24, 2.45) is 0 Å². The molecular weight excluding hydrogens is 648 g/mol. The van der Waals surface area contributed by atoms with Gasteiger partial charge >= 0.3 is 23.9 Å². The predicted octanol–water partition coefficient (Wildman–Crippen LogP) is 7.07. The van der Waals surface area contributed by atoms with Gasteiger partial charge in [0.15, 0.2) is 0 Å². The highest BCUT2D eigenvalue weighted by molar-refractivity contribution is 5.92. The van der Waals surface area contributed by atoms with Crippen LogP contribution in [0.3, 0.4) is 0 Å². The van der Waals surface area contributed by atoms with Crippen molar-refractivity contribution in [3.05, 3.63) is 153 Å². The van der Waals surface area contributed by atoms with Gasteiger partial charge in [-0.25, -0.2) is 9.59 Å². The normalized spacial score (nSPS) is 11.5. The highest BCUT2D eigenvalue weighted by Crippen LogP contribution is 2.39. The number of hydrogen-bond donors (Lipinski definition) is 2. The van der Waals surface area contributed by atoms with Gasteiger partial charge in [0.2, 0.25) is 0 Å². The molecule has 0 bridgehead atoms. The minimum atomic E-state index is -0.651. The second-order valence-electron chi connectivity index (χ2n) is 12.0. The Morgan fingerprint density at radius 1 is 0.549 bits per heavy atom. The van der Waals surface area contributed by atoms with E-state index in [1.165, 1.54) is 0 Å². The molecule has 3 aromatic carbocycles. The maximum absolute atomic E-state index is 13.7. The number of ether oxygens (including phenoxy) is 4. The summed E-state index contributed by atoms with van der Waals surface area (Å²) in [6, 6.07) is 28.1. The zero-order chi connectivity index (χ0) is 36.3. The average Bonchev–Trinajstić information content (AvgIpc) is 3.63. The number of rotatable bonds is 15. The number of H-pyrrole nitrogens is 2. The molecule has 1 unspecified atom stereocenters. The third-order valence-corrected chi connectivity index (χ3v) is 8.63. The monoisotopic (exact) mass is 690 g/mol. The number of nitrogens with one attached hydrogen (secondary N) is 2. The van der Waals surface area contributed by atoms with Crippen LogP contribution < -0.4 is 0 Å². The number of esters is 4. The van der Waals surface area contributed by atoms with Crippen LogP contribution in [-0.4, -0.2) is 47.1 Å². The average molecular weight is 691 g/mol. The molecule has 5 aromatic rings. The molecule has 0 fully saturated rings. The number of aromatic amines is 2. The summed E-state index contributed by atoms with van der Waals surface area (Å²) < 4.78 is 22.1. The number of hydrogen-bond acceptors (Lipinski definition) is 8. The quantitative estimate of drug-likeness (QED) is 0.0880. The fourth-order valence-electron chi connectivity index (χ4n) is 6.10. The summed E-state index contributed by atoms with van der Waals surface area (Å²) in [6.45, 7) is 7.48. The topological polar surface area (TPSA) is 137 Å². The van der Waals surface area contributed by atoms with E-state index in [2.05, 4.69) is 9.97 Å². The molecule has 0 saturated heterocycles. The van der Waals surface area contributed by atoms with E-state index in [0.29, 0.717) is 33.6 Å². The molecule has 2 aromatic heterocycles. The van der Waals surface area contributed by atoms with Crippen LogP contribution in [0.4, 0.5) is 0 Å². The Kier molecular flexibility index (Phi) is 12.2. The number of carbonyl (C=O) groups excluding carboxylic acids is 4. The van der Waals surface area contributed by atoms with Crippen molar-refractivity contribution in [2.45, 2.75) is 59.7 Å². The molecule has 0 radical (unpaired) electrons. The first-order valence-corrected chi connectivity index (χ1v) is 16.9. The Labute approximate surface area is 297 Å². The van der Waals surface area contributed by atoms with Gasteiger partial charge in [-0.2, -0.15) is 0 Å². The van der Waals surface area contributed by atoms with Gasteiger partial charge in [-0.1, -0.05) is 91.0 Å². The van der Waals surface area contributed by atoms with Crippen LogP contribution in [0.2, 0.25) is 0 Å². The molecule has 0 spiro atoms. The summed E-state index contributed by atoms with van der Waals surface area (Å²) in [7, 11) is 0. The molecule has 10 nitrogen and oxygen atoms in total. The molecule has 0 aliphatic carbocycles. The Morgan fingerprint density at radius 3 is 1.51 bits per heavy atom. The number of carbonyl (C=O) groups is 4. The second-order valence-corrected chi connectivity index (χ2v) is 12.0. The van der Waals surface area contributed by atoms with E-state index in [1.54, 1.807) is 20.8 Å². The molecule has 0 aliphatic heterocycles. The molecule has 1 atom stereocenters. The van der Waals surface area contributed by atoms with E-state index >= 15 is 0 Å². The fraction of sp³-hybridized carbons (Fsp3) is 0.268. The highest BCUT2D eigenvalue weighted by Gasteiger charge is 2.33. The van der Waals surface area contributed by atoms with E-state index < -0.39 is 29.8 Å². The van der Waals surface area contributed by atoms with Gasteiger partial charge < -0.3 is 28.9 Å². The van der Waals surface area contributed by atoms with Gasteiger partial charge in [-0.05, 0) is 66.6 Å². The minimum Gasteiger partial charge on any atom is -0.466 e. The van der Waals surface area contributed by atoms with Gasteiger partial charge in [0.05, 0.1) is 32.0 Å². The van der Waals surface area contributed by atoms with E-state index in [0.717, 1.165) is 16.7 Å². The fourth-order valence-corrected chi connectivity index (χ4v) is 6.10. The lowest BCUT2D eigenvalue weighted by molar-refractivity contribution is -0.143. The molecule has 0 amide bonds. The maximum atomic E-state index is 13.7. The summed E-state index contributed by atoms with van der Waals surface area (Å²) in [5, 5.41) is 0. The Balaban J connectivity index is 1.64. The molecule has 10 heteroatoms. The third kappa shape index (κ3) is 8.83. The van der Waals surface area contributed by atoms with Crippen LogP contribution in [0.5, 0.6) is 0 Å². The molecule has 2 heterocycles. The zero-order valence-corrected chi connectivity index (χ0v) is 29.2. The van der Waals surface area contributed by atoms with Crippen molar-refractivity contribution in [1.82, 2.24) is 9.97 Å². The van der Waals surface area contributed by atoms with Crippen LogP contribution in [0.25, 0.3) is 0 Å². The summed E-state index contributed by atoms with van der Waals surface area (Å²) >= 11 is 0. The first-order chi connectivity index (χ1) is 24.7. The van der Waals surface area contributed by atoms with Crippen LogP contribution in [0.15, 0.2) is 91.0 Å². The van der Waals surface area contributed by atoms with E-state index in [9.17, 15) is 19.2 Å². The first kappa shape index (κ1) is 36.4. The molecule has 2 N–H and O–H groups in total.